The fourth-order valence-corrected chi connectivity index (χ4v) is 13.9. The number of rotatable bonds is 19. The number of carbonyl (C=O) groups excluding carboxylic acids is 5. The van der Waals surface area contributed by atoms with Crippen molar-refractivity contribution in [2.75, 3.05) is 192 Å². The van der Waals surface area contributed by atoms with Gasteiger partial charge in [0.25, 0.3) is 0 Å². The van der Waals surface area contributed by atoms with Crippen molar-refractivity contribution in [2.24, 2.45) is 0 Å². The van der Waals surface area contributed by atoms with Crippen LogP contribution in [0.5, 0.6) is 17.4 Å². The molecule has 2 aromatic heterocycles. The number of hydrogen-bond acceptors (Lipinski definition) is 20. The molecule has 0 unspecified atom stereocenters. The first-order valence-electron chi connectivity index (χ1n) is 41.6. The van der Waals surface area contributed by atoms with Crippen LogP contribution < -0.4 is 56.7 Å². The SMILES string of the molecule is C.C.C.C.C.C.C.C.C.COc1cc(C)c(Cl)cc1OC.COc1ncc(Cl)c(C)c1Cl.Cc1c(Cl)cc(NC(=O)CN2CCNCC2)cc1Cl.Cc1c(Cl)cc(NC(=O)CN2CCOCC2)cc1Cl.Cc1ccc(N(C)C)cc1Cl.Cc1ccc(N)cc1Cl.Cc1ccc(NC(=O)CN(C)C)cc1Cl.Cc1ccc(NC(=O)CN2CCOCC2)cc1Cl.Cc1ccc(NC(=O)OCc2ccncc2)cc1Cl. The van der Waals surface area contributed by atoms with E-state index in [0.717, 1.165) is 135 Å². The summed E-state index contributed by atoms with van der Waals surface area (Å²) in [5.41, 5.74) is 20.1. The van der Waals surface area contributed by atoms with E-state index < -0.39 is 6.09 Å². The number of nitrogen functional groups attached to an aromatic ring is 1. The van der Waals surface area contributed by atoms with Crippen molar-refractivity contribution in [3.63, 3.8) is 0 Å². The molecule has 3 saturated heterocycles. The molecule has 37 heteroatoms. The standard InChI is InChI=1S/C14H13ClN2O2.C13H17Cl2N3O.C13H16Cl2N2O2.C13H17ClN2O2.C11H15ClN2O.C9H12ClN.C9H11ClO2.C7H7Cl2NO.C7H8ClN.9CH4/c1-10-2-3-12(8-13(10)15)17-14(18)19-9-11-4-6-16-7-5-11;1-9-11(14)6-10(7-12(9)15)17-13(19)8-18-4-2-16-3-5-18;1-9-11(14)6-10(7-12(9)15)16-13(18)8-17-2-4-19-5-3-17;1-10-2-3-11(8-12(10)14)15-13(17)9-16-4-6-18-7-5-16;1-8-4-5-9(6-10(8)12)13-11(15)7-14(2)3;1-7-4-5-8(11(2)3)6-9(7)10;1-6-4-8(11-2)9(12-3)5-7(6)10;1-4-5(8)3-10-7(11-2)6(4)9;1-5-2-3-6(9)4-7(5)8;;;;;;;;;/h2-8H,9H2,1H3,(H,17,18);6-7,16H,2-5,8H2,1H3,(H,17,19);6-7H,2-5,8H2,1H3,(H,16,18);2-3,8H,4-7,9H2,1H3,(H,15,17);4-6H,7H2,1-3H3,(H,13,15);4-6H,1-3H3;4-5H,1-3H3;3H,1-2H3;2-4H,9H2,1H3;9*1H4. The molecule has 792 valence electrons. The third-order valence-corrected chi connectivity index (χ3v) is 24.3. The topological polar surface area (TPSA) is 281 Å². The summed E-state index contributed by atoms with van der Waals surface area (Å²) < 4.78 is 30.6. The third kappa shape index (κ3) is 53.5. The minimum atomic E-state index is -0.517. The van der Waals surface area contributed by atoms with Gasteiger partial charge in [-0.2, -0.15) is 0 Å². The number of piperazine rings is 1. The fraction of sp³-hybridized carbons (Fsp3) is 0.400. The van der Waals surface area contributed by atoms with E-state index in [1.54, 1.807) is 99.4 Å². The molecule has 8 aromatic carbocycles. The van der Waals surface area contributed by atoms with Gasteiger partial charge in [-0.3, -0.25) is 44.2 Å². The highest BCUT2D eigenvalue weighted by Crippen LogP contribution is 2.35. The first-order chi connectivity index (χ1) is 63.1. The highest BCUT2D eigenvalue weighted by Gasteiger charge is 2.20. The first kappa shape index (κ1) is 142. The van der Waals surface area contributed by atoms with Crippen LogP contribution in [0.25, 0.3) is 0 Å². The summed E-state index contributed by atoms with van der Waals surface area (Å²) in [6.45, 7) is 28.4. The predicted molar refractivity (Wildman–Crippen MR) is 612 cm³/mol. The van der Waals surface area contributed by atoms with E-state index in [-0.39, 0.29) is 97.1 Å². The highest BCUT2D eigenvalue weighted by atomic mass is 35.5. The molecular weight excluding hydrogens is 2060 g/mol. The Morgan fingerprint density at radius 3 is 1.10 bits per heavy atom. The zero-order valence-corrected chi connectivity index (χ0v) is 86.3. The summed E-state index contributed by atoms with van der Waals surface area (Å²) in [7, 11) is 12.4. The Morgan fingerprint density at radius 1 is 0.387 bits per heavy atom. The van der Waals surface area contributed by atoms with Crippen LogP contribution in [0, 0.1) is 62.3 Å². The highest BCUT2D eigenvalue weighted by molar-refractivity contribution is 6.38. The van der Waals surface area contributed by atoms with E-state index in [0.29, 0.717) is 143 Å². The molecule has 0 saturated carbocycles. The van der Waals surface area contributed by atoms with Crippen molar-refractivity contribution < 1.29 is 52.4 Å². The summed E-state index contributed by atoms with van der Waals surface area (Å²) in [5, 5.41) is 24.6. The van der Waals surface area contributed by atoms with Crippen molar-refractivity contribution >= 4 is 209 Å². The van der Waals surface area contributed by atoms with Gasteiger partial charge in [-0.1, -0.05) is 236 Å². The number of morpholine rings is 2. The maximum atomic E-state index is 11.9. The number of halogens is 12. The number of aryl methyl sites for hydroxylation is 6. The Morgan fingerprint density at radius 2 is 0.732 bits per heavy atom. The molecule has 142 heavy (non-hydrogen) atoms. The number of pyridine rings is 2. The number of aromatic nitrogens is 2. The molecule has 10 aromatic rings. The molecule has 5 amide bonds. The van der Waals surface area contributed by atoms with Crippen molar-refractivity contribution in [2.45, 2.75) is 136 Å². The average molecular weight is 2210 g/mol. The average Bonchev–Trinajstić information content (AvgIpc) is 0.852. The molecule has 13 rings (SSSR count). The van der Waals surface area contributed by atoms with Gasteiger partial charge in [-0.15, -0.1) is 0 Å². The van der Waals surface area contributed by atoms with E-state index in [1.807, 2.05) is 161 Å². The lowest BCUT2D eigenvalue weighted by atomic mass is 10.2. The maximum absolute atomic E-state index is 11.9. The second kappa shape index (κ2) is 75.2. The van der Waals surface area contributed by atoms with Crippen LogP contribution in [0.3, 0.4) is 0 Å². The second-order valence-electron chi connectivity index (χ2n) is 30.7. The molecule has 5 heterocycles. The summed E-state index contributed by atoms with van der Waals surface area (Å²) in [4.78, 5) is 76.5. The number of methoxy groups -OCH3 is 3. The number of likely N-dealkylation sites (N-methyl/N-ethyl adjacent to an activating group) is 1. The third-order valence-electron chi connectivity index (χ3n) is 19.5. The predicted octanol–water partition coefficient (Wildman–Crippen LogP) is 28.6. The van der Waals surface area contributed by atoms with Crippen molar-refractivity contribution in [3.05, 3.63) is 274 Å². The molecule has 0 atom stereocenters. The smallest absolute Gasteiger partial charge is 0.411 e. The molecule has 3 fully saturated rings. The van der Waals surface area contributed by atoms with Crippen LogP contribution in [0.15, 0.2) is 158 Å². The Bertz CT molecular complexity index is 5250. The van der Waals surface area contributed by atoms with Gasteiger partial charge in [-0.05, 0) is 235 Å². The van der Waals surface area contributed by atoms with Gasteiger partial charge in [-0.25, -0.2) is 9.78 Å². The lowest BCUT2D eigenvalue weighted by molar-refractivity contribution is -0.119. The van der Waals surface area contributed by atoms with Gasteiger partial charge in [0.1, 0.15) is 11.6 Å². The number of anilines is 7. The van der Waals surface area contributed by atoms with Gasteiger partial charge in [0.15, 0.2) is 11.5 Å². The number of hydrogen-bond donors (Lipinski definition) is 7. The molecule has 3 aliphatic rings. The number of ether oxygens (including phenoxy) is 6. The maximum Gasteiger partial charge on any atom is 0.411 e. The molecule has 0 spiro atoms. The van der Waals surface area contributed by atoms with Crippen molar-refractivity contribution in [1.29, 1.82) is 0 Å². The largest absolute Gasteiger partial charge is 0.493 e. The van der Waals surface area contributed by atoms with Crippen LogP contribution in [0.1, 0.15) is 122 Å². The van der Waals surface area contributed by atoms with Gasteiger partial charge in [0, 0.05) is 181 Å². The molecule has 0 radical (unpaired) electrons. The van der Waals surface area contributed by atoms with Gasteiger partial charge in [0.05, 0.1) is 79.0 Å². The van der Waals surface area contributed by atoms with Crippen molar-refractivity contribution in [1.82, 2.24) is 34.9 Å². The van der Waals surface area contributed by atoms with E-state index in [1.165, 1.54) is 13.3 Å². The van der Waals surface area contributed by atoms with Crippen LogP contribution in [0.4, 0.5) is 44.6 Å². The van der Waals surface area contributed by atoms with Crippen LogP contribution >= 0.6 is 139 Å². The lowest BCUT2D eigenvalue weighted by Crippen LogP contribution is -2.46. The van der Waals surface area contributed by atoms with E-state index >= 15 is 0 Å². The number of benzene rings is 8. The van der Waals surface area contributed by atoms with E-state index in [2.05, 4.69) is 62.6 Å². The summed E-state index contributed by atoms with van der Waals surface area (Å²) in [6, 6.07) is 41.9. The Hall–Kier alpha value is -8.59. The van der Waals surface area contributed by atoms with Gasteiger partial charge < -0.3 is 70.5 Å². The Labute approximate surface area is 907 Å². The normalized spacial score (nSPS) is 11.9. The first-order valence-corrected chi connectivity index (χ1v) is 46.2. The minimum absolute atomic E-state index is 0. The Kier molecular flexibility index (Phi) is 75.1. The van der Waals surface area contributed by atoms with E-state index in [9.17, 15) is 24.0 Å². The van der Waals surface area contributed by atoms with Crippen LogP contribution in [0.2, 0.25) is 60.3 Å². The zero-order chi connectivity index (χ0) is 98.6. The summed E-state index contributed by atoms with van der Waals surface area (Å²) in [6.07, 6.45) is 4.30. The van der Waals surface area contributed by atoms with Gasteiger partial charge >= 0.3 is 6.09 Å². The zero-order valence-electron chi connectivity index (χ0n) is 77.3. The number of nitrogens with two attached hydrogens (primary N) is 1. The monoisotopic (exact) mass is 2200 g/mol. The molecule has 0 bridgehead atoms. The van der Waals surface area contributed by atoms with E-state index in [4.69, 9.17) is 173 Å². The molecule has 3 aliphatic heterocycles. The number of amides is 5. The molecule has 25 nitrogen and oxygen atoms in total. The number of carbonyl (C=O) groups is 5. The van der Waals surface area contributed by atoms with Crippen molar-refractivity contribution in [3.8, 4) is 17.4 Å². The summed E-state index contributed by atoms with van der Waals surface area (Å²) in [5.74, 6) is 1.61. The van der Waals surface area contributed by atoms with Crippen LogP contribution in [-0.2, 0) is 40.0 Å². The number of nitrogens with zero attached hydrogens (tertiary/aromatic N) is 7. The Balaban J connectivity index is -0.000000496. The second-order valence-corrected chi connectivity index (χ2v) is 35.5. The lowest BCUT2D eigenvalue weighted by Gasteiger charge is -2.26. The minimum Gasteiger partial charge on any atom is -0.493 e. The quantitative estimate of drug-likeness (QED) is 0.0370. The molecule has 0 aliphatic carbocycles. The summed E-state index contributed by atoms with van der Waals surface area (Å²) >= 11 is 71.2. The fourth-order valence-electron chi connectivity index (χ4n) is 11.4. The van der Waals surface area contributed by atoms with Gasteiger partial charge in [0.2, 0.25) is 29.5 Å². The molecule has 8 N–H and O–H groups in total. The van der Waals surface area contributed by atoms with Crippen LogP contribution in [-0.4, -0.2) is 214 Å². The number of nitrogens with one attached hydrogen (secondary N) is 6. The molecular formula is C105H152Cl12N14O11.